The third-order valence-corrected chi connectivity index (χ3v) is 3.08. The molecule has 1 heterocycles. The highest BCUT2D eigenvalue weighted by Gasteiger charge is 2.21. The van der Waals surface area contributed by atoms with Gasteiger partial charge in [-0.3, -0.25) is 9.59 Å². The molecule has 0 radical (unpaired) electrons. The van der Waals surface area contributed by atoms with Gasteiger partial charge in [-0.2, -0.15) is 0 Å². The van der Waals surface area contributed by atoms with E-state index in [0.29, 0.717) is 0 Å². The topological polar surface area (TPSA) is 116 Å². The van der Waals surface area contributed by atoms with Gasteiger partial charge >= 0.3 is 17.9 Å². The summed E-state index contributed by atoms with van der Waals surface area (Å²) in [5.74, 6) is -2.96. The van der Waals surface area contributed by atoms with Crippen LogP contribution in [0.15, 0.2) is 24.3 Å². The van der Waals surface area contributed by atoms with Crippen molar-refractivity contribution in [3.05, 3.63) is 24.3 Å². The second kappa shape index (κ2) is 8.97. The van der Waals surface area contributed by atoms with Gasteiger partial charge in [0.15, 0.2) is 11.9 Å². The molecule has 0 saturated carbocycles. The molecule has 0 bridgehead atoms. The minimum absolute atomic E-state index is 0.234. The highest BCUT2D eigenvalue weighted by molar-refractivity contribution is 5.99. The van der Waals surface area contributed by atoms with Crippen LogP contribution < -0.4 is 0 Å². The normalized spacial score (nSPS) is 33.2. The van der Waals surface area contributed by atoms with Crippen molar-refractivity contribution in [2.24, 2.45) is 0 Å². The Morgan fingerprint density at radius 1 is 0.917 bits per heavy atom. The Morgan fingerprint density at radius 3 is 2.21 bits per heavy atom. The SMILES string of the molecule is C[C@@H]1OC(=O)C[C@H](C)OC(=O)/C=C\[C@H](O)[C@@H](C)OC(=O)/C=C\C1=O. The highest BCUT2D eigenvalue weighted by atomic mass is 16.6. The zero-order chi connectivity index (χ0) is 18.3. The molecule has 1 aliphatic rings. The quantitative estimate of drug-likeness (QED) is 0.492. The van der Waals surface area contributed by atoms with Gasteiger partial charge in [-0.25, -0.2) is 9.59 Å². The molecule has 0 saturated heterocycles. The number of aliphatic hydroxyl groups is 1. The summed E-state index contributed by atoms with van der Waals surface area (Å²) in [6, 6.07) is 0. The molecule has 1 aliphatic heterocycles. The zero-order valence-electron chi connectivity index (χ0n) is 13.6. The molecule has 0 aromatic carbocycles. The summed E-state index contributed by atoms with van der Waals surface area (Å²) in [5.41, 5.74) is 0. The standard InChI is InChI=1S/C16H20O8/c1-9-8-16(21)24-11(3)13(18)5-7-15(20)23-10(2)12(17)4-6-14(19)22-9/h4-7,9-12,17H,8H2,1-3H3/b6-4-,7-5-/t9-,10+,11-,12-/m0/s1. The van der Waals surface area contributed by atoms with Crippen LogP contribution in [0.25, 0.3) is 0 Å². The van der Waals surface area contributed by atoms with Crippen molar-refractivity contribution < 1.29 is 38.5 Å². The van der Waals surface area contributed by atoms with E-state index in [1.807, 2.05) is 0 Å². The smallest absolute Gasteiger partial charge is 0.331 e. The maximum atomic E-state index is 11.8. The minimum Gasteiger partial charge on any atom is -0.459 e. The number of ketones is 1. The Balaban J connectivity index is 2.93. The first-order valence-electron chi connectivity index (χ1n) is 7.38. The van der Waals surface area contributed by atoms with Crippen molar-refractivity contribution in [2.45, 2.75) is 51.6 Å². The number of hydrogen-bond donors (Lipinski definition) is 1. The van der Waals surface area contributed by atoms with E-state index in [4.69, 9.17) is 14.2 Å². The predicted octanol–water partition coefficient (Wildman–Crippen LogP) is 0.228. The van der Waals surface area contributed by atoms with Crippen LogP contribution in [-0.4, -0.2) is 53.2 Å². The molecule has 8 heteroatoms. The average Bonchev–Trinajstić information content (AvgIpc) is 2.48. The lowest BCUT2D eigenvalue weighted by Crippen LogP contribution is -2.28. The number of aliphatic hydroxyl groups excluding tert-OH is 1. The number of hydrogen-bond acceptors (Lipinski definition) is 8. The molecule has 0 spiro atoms. The van der Waals surface area contributed by atoms with Gasteiger partial charge in [0.25, 0.3) is 0 Å². The lowest BCUT2D eigenvalue weighted by molar-refractivity contribution is -0.157. The summed E-state index contributed by atoms with van der Waals surface area (Å²) in [5, 5.41) is 9.79. The Labute approximate surface area is 139 Å². The molecule has 0 fully saturated rings. The van der Waals surface area contributed by atoms with Gasteiger partial charge in [0.1, 0.15) is 18.3 Å². The molecule has 1 rings (SSSR count). The van der Waals surface area contributed by atoms with E-state index in [1.165, 1.54) is 20.8 Å². The van der Waals surface area contributed by atoms with Crippen LogP contribution in [-0.2, 0) is 33.4 Å². The van der Waals surface area contributed by atoms with Gasteiger partial charge in [0.05, 0.1) is 6.42 Å². The Kier molecular flexibility index (Phi) is 7.31. The monoisotopic (exact) mass is 340 g/mol. The maximum absolute atomic E-state index is 11.8. The lowest BCUT2D eigenvalue weighted by Gasteiger charge is -2.17. The highest BCUT2D eigenvalue weighted by Crippen LogP contribution is 2.07. The molecule has 0 aliphatic carbocycles. The first-order valence-corrected chi connectivity index (χ1v) is 7.38. The molecule has 0 aromatic heterocycles. The van der Waals surface area contributed by atoms with Crippen LogP contribution in [0.5, 0.6) is 0 Å². The number of ether oxygens (including phenoxy) is 3. The van der Waals surface area contributed by atoms with Crippen LogP contribution in [0.4, 0.5) is 0 Å². The van der Waals surface area contributed by atoms with Crippen molar-refractivity contribution >= 4 is 23.7 Å². The predicted molar refractivity (Wildman–Crippen MR) is 80.6 cm³/mol. The van der Waals surface area contributed by atoms with Gasteiger partial charge in [-0.1, -0.05) is 0 Å². The Bertz CT molecular complexity index is 562. The van der Waals surface area contributed by atoms with Crippen LogP contribution in [0.2, 0.25) is 0 Å². The summed E-state index contributed by atoms with van der Waals surface area (Å²) in [4.78, 5) is 46.6. The molecular formula is C16H20O8. The number of carbonyl (C=O) groups excluding carboxylic acids is 4. The number of rotatable bonds is 0. The molecule has 0 aromatic rings. The van der Waals surface area contributed by atoms with E-state index >= 15 is 0 Å². The van der Waals surface area contributed by atoms with Gasteiger partial charge < -0.3 is 19.3 Å². The molecule has 4 atom stereocenters. The fourth-order valence-electron chi connectivity index (χ4n) is 1.73. The fourth-order valence-corrected chi connectivity index (χ4v) is 1.73. The van der Waals surface area contributed by atoms with Crippen LogP contribution in [0, 0.1) is 0 Å². The van der Waals surface area contributed by atoms with E-state index in [9.17, 15) is 24.3 Å². The molecular weight excluding hydrogens is 320 g/mol. The minimum atomic E-state index is -1.24. The first-order chi connectivity index (χ1) is 11.2. The summed E-state index contributed by atoms with van der Waals surface area (Å²) >= 11 is 0. The molecule has 132 valence electrons. The van der Waals surface area contributed by atoms with Gasteiger partial charge in [-0.15, -0.1) is 0 Å². The zero-order valence-corrected chi connectivity index (χ0v) is 13.6. The molecule has 8 nitrogen and oxygen atoms in total. The van der Waals surface area contributed by atoms with E-state index < -0.39 is 48.1 Å². The Hall–Kier alpha value is -2.48. The Morgan fingerprint density at radius 2 is 1.54 bits per heavy atom. The molecule has 0 amide bonds. The number of cyclic esters (lactones) is 3. The second-order valence-corrected chi connectivity index (χ2v) is 5.31. The van der Waals surface area contributed by atoms with E-state index in [1.54, 1.807) is 0 Å². The van der Waals surface area contributed by atoms with Gasteiger partial charge in [0, 0.05) is 12.2 Å². The second-order valence-electron chi connectivity index (χ2n) is 5.31. The lowest BCUT2D eigenvalue weighted by atomic mass is 10.2. The molecule has 24 heavy (non-hydrogen) atoms. The first kappa shape index (κ1) is 19.6. The van der Waals surface area contributed by atoms with Crippen LogP contribution >= 0.6 is 0 Å². The maximum Gasteiger partial charge on any atom is 0.331 e. The van der Waals surface area contributed by atoms with Crippen molar-refractivity contribution in [1.82, 2.24) is 0 Å². The summed E-state index contributed by atoms with van der Waals surface area (Å²) in [7, 11) is 0. The van der Waals surface area contributed by atoms with E-state index in [2.05, 4.69) is 0 Å². The fraction of sp³-hybridized carbons (Fsp3) is 0.500. The average molecular weight is 340 g/mol. The van der Waals surface area contributed by atoms with Crippen LogP contribution in [0.1, 0.15) is 27.2 Å². The number of esters is 3. The molecule has 1 N–H and O–H groups in total. The molecule has 0 unspecified atom stereocenters. The summed E-state index contributed by atoms with van der Waals surface area (Å²) in [6.07, 6.45) is -0.388. The summed E-state index contributed by atoms with van der Waals surface area (Å²) in [6.45, 7) is 4.26. The van der Waals surface area contributed by atoms with Crippen molar-refractivity contribution in [3.63, 3.8) is 0 Å². The largest absolute Gasteiger partial charge is 0.459 e. The van der Waals surface area contributed by atoms with Gasteiger partial charge in [-0.05, 0) is 32.9 Å². The van der Waals surface area contributed by atoms with Crippen LogP contribution in [0.3, 0.4) is 0 Å². The van der Waals surface area contributed by atoms with Gasteiger partial charge in [0.2, 0.25) is 0 Å². The van der Waals surface area contributed by atoms with Crippen molar-refractivity contribution in [2.75, 3.05) is 0 Å². The third kappa shape index (κ3) is 6.74. The summed E-state index contributed by atoms with van der Waals surface area (Å²) < 4.78 is 14.7. The van der Waals surface area contributed by atoms with E-state index in [-0.39, 0.29) is 6.42 Å². The van der Waals surface area contributed by atoms with Crippen molar-refractivity contribution in [1.29, 1.82) is 0 Å². The van der Waals surface area contributed by atoms with E-state index in [0.717, 1.165) is 24.3 Å². The van der Waals surface area contributed by atoms with Crippen molar-refractivity contribution in [3.8, 4) is 0 Å². The third-order valence-electron chi connectivity index (χ3n) is 3.08. The number of carbonyl (C=O) groups is 4.